The summed E-state index contributed by atoms with van der Waals surface area (Å²) in [4.78, 5) is 4.28. The zero-order chi connectivity index (χ0) is 30.6. The molecule has 0 aliphatic carbocycles. The number of para-hydroxylation sites is 1. The van der Waals surface area contributed by atoms with Gasteiger partial charge in [-0.1, -0.05) is 47.6 Å². The Bertz CT molecular complexity index is 1720. The van der Waals surface area contributed by atoms with Crippen molar-refractivity contribution in [1.82, 2.24) is 19.8 Å². The number of fused-ring (bicyclic) bond motifs is 2. The number of hydrogen-bond acceptors (Lipinski definition) is 7. The fourth-order valence-electron chi connectivity index (χ4n) is 4.80. The normalized spacial score (nSPS) is 20.5. The average molecular weight is 616 g/mol. The summed E-state index contributed by atoms with van der Waals surface area (Å²) in [5.74, 6) is 0.245. The summed E-state index contributed by atoms with van der Waals surface area (Å²) >= 11 is 1.55. The van der Waals surface area contributed by atoms with Crippen LogP contribution < -0.4 is 4.74 Å². The molecule has 1 aromatic heterocycles. The predicted molar refractivity (Wildman–Crippen MR) is 151 cm³/mol. The summed E-state index contributed by atoms with van der Waals surface area (Å²) in [6.07, 6.45) is -8.00. The van der Waals surface area contributed by atoms with Crippen LogP contribution in [0, 0.1) is 0 Å². The van der Waals surface area contributed by atoms with Gasteiger partial charge in [-0.3, -0.25) is 0 Å². The van der Waals surface area contributed by atoms with Crippen molar-refractivity contribution in [2.24, 2.45) is 5.10 Å². The molecular formula is C29H24F5N6O2S+. The number of hydrazone groups is 1. The molecule has 0 bridgehead atoms. The van der Waals surface area contributed by atoms with Crippen LogP contribution in [0.3, 0.4) is 0 Å². The number of aromatic nitrogens is 3. The Balaban J connectivity index is 1.17. The molecular weight excluding hydrogens is 591 g/mol. The average Bonchev–Trinajstić information content (AvgIpc) is 3.58. The van der Waals surface area contributed by atoms with Crippen molar-refractivity contribution in [3.63, 3.8) is 0 Å². The number of nitrogens with zero attached hydrogens (tertiary/aromatic N) is 6. The first kappa shape index (κ1) is 28.8. The Kier molecular flexibility index (Phi) is 7.00. The van der Waals surface area contributed by atoms with Crippen LogP contribution in [0.4, 0.5) is 27.6 Å². The molecule has 2 aliphatic rings. The van der Waals surface area contributed by atoms with E-state index in [1.54, 1.807) is 24.9 Å². The molecule has 0 saturated heterocycles. The van der Waals surface area contributed by atoms with E-state index in [0.29, 0.717) is 22.8 Å². The smallest absolute Gasteiger partial charge is 0.426 e. The van der Waals surface area contributed by atoms with Gasteiger partial charge in [0.1, 0.15) is 17.8 Å². The highest BCUT2D eigenvalue weighted by atomic mass is 32.2. The third kappa shape index (κ3) is 5.36. The number of thioether (sulfide) groups is 1. The molecule has 6 rings (SSSR count). The van der Waals surface area contributed by atoms with Gasteiger partial charge in [0, 0.05) is 18.1 Å². The lowest BCUT2D eigenvalue weighted by atomic mass is 10.0. The van der Waals surface area contributed by atoms with Crippen LogP contribution in [-0.2, 0) is 0 Å². The second-order valence-electron chi connectivity index (χ2n) is 10.2. The van der Waals surface area contributed by atoms with E-state index in [1.165, 1.54) is 23.1 Å². The number of aliphatic hydroxyl groups is 1. The fraction of sp³-hybridized carbons (Fsp3) is 0.241. The van der Waals surface area contributed by atoms with Crippen molar-refractivity contribution in [2.75, 3.05) is 5.75 Å². The summed E-state index contributed by atoms with van der Waals surface area (Å²) in [5.41, 5.74) is 2.89. The third-order valence-electron chi connectivity index (χ3n) is 7.01. The SMILES string of the molecule is CC1c2ccccc2[N+]2=C(SCC2(C)O)N1N=Cc1ccc(-c2ncn(-c3ccc(OC(F)(F)C(F)(F)F)cc3)n2)cc1. The molecule has 0 fully saturated rings. The van der Waals surface area contributed by atoms with E-state index in [4.69, 9.17) is 5.10 Å². The van der Waals surface area contributed by atoms with Crippen molar-refractivity contribution >= 4 is 28.8 Å². The molecule has 222 valence electrons. The molecule has 43 heavy (non-hydrogen) atoms. The predicted octanol–water partition coefficient (Wildman–Crippen LogP) is 6.33. The Labute approximate surface area is 246 Å². The molecule has 0 spiro atoms. The van der Waals surface area contributed by atoms with Gasteiger partial charge in [-0.05, 0) is 54.6 Å². The minimum absolute atomic E-state index is 0.0469. The summed E-state index contributed by atoms with van der Waals surface area (Å²) in [7, 11) is 0. The zero-order valence-electron chi connectivity index (χ0n) is 22.7. The molecule has 8 nitrogen and oxygen atoms in total. The van der Waals surface area contributed by atoms with E-state index >= 15 is 0 Å². The van der Waals surface area contributed by atoms with E-state index in [-0.39, 0.29) is 6.04 Å². The molecule has 2 atom stereocenters. The lowest BCUT2D eigenvalue weighted by Crippen LogP contribution is -2.43. The molecule has 14 heteroatoms. The Hall–Kier alpha value is -4.30. The summed E-state index contributed by atoms with van der Waals surface area (Å²) in [6, 6.07) is 19.8. The monoisotopic (exact) mass is 615 g/mol. The van der Waals surface area contributed by atoms with E-state index in [9.17, 15) is 27.1 Å². The minimum atomic E-state index is -5.83. The maximum atomic E-state index is 13.2. The highest BCUT2D eigenvalue weighted by Gasteiger charge is 2.61. The van der Waals surface area contributed by atoms with Gasteiger partial charge in [-0.25, -0.2) is 9.67 Å². The highest BCUT2D eigenvalue weighted by Crippen LogP contribution is 2.44. The van der Waals surface area contributed by atoms with Crippen LogP contribution in [0.2, 0.25) is 0 Å². The molecule has 0 saturated carbocycles. The highest BCUT2D eigenvalue weighted by molar-refractivity contribution is 8.13. The molecule has 4 aromatic rings. The van der Waals surface area contributed by atoms with Gasteiger partial charge in [0.25, 0.3) is 0 Å². The number of hydrogen-bond donors (Lipinski definition) is 1. The van der Waals surface area contributed by atoms with Crippen molar-refractivity contribution in [3.05, 3.63) is 90.3 Å². The van der Waals surface area contributed by atoms with Gasteiger partial charge in [0.15, 0.2) is 11.9 Å². The van der Waals surface area contributed by atoms with E-state index in [2.05, 4.69) is 21.7 Å². The van der Waals surface area contributed by atoms with Crippen LogP contribution in [0.15, 0.2) is 84.2 Å². The molecule has 0 radical (unpaired) electrons. The molecule has 1 N–H and O–H groups in total. The van der Waals surface area contributed by atoms with Crippen LogP contribution in [0.5, 0.6) is 5.75 Å². The summed E-state index contributed by atoms with van der Waals surface area (Å²) in [6.45, 7) is 3.86. The number of halogens is 5. The van der Waals surface area contributed by atoms with E-state index in [0.717, 1.165) is 34.1 Å². The van der Waals surface area contributed by atoms with Crippen LogP contribution >= 0.6 is 11.8 Å². The topological polar surface area (TPSA) is 78.8 Å². The van der Waals surface area contributed by atoms with E-state index < -0.39 is 23.8 Å². The van der Waals surface area contributed by atoms with Gasteiger partial charge in [0.2, 0.25) is 5.72 Å². The Morgan fingerprint density at radius 2 is 1.74 bits per heavy atom. The molecule has 3 heterocycles. The second-order valence-corrected chi connectivity index (χ2v) is 11.1. The van der Waals surface area contributed by atoms with Gasteiger partial charge in [0.05, 0.1) is 17.7 Å². The van der Waals surface area contributed by atoms with Gasteiger partial charge < -0.3 is 9.84 Å². The molecule has 2 unspecified atom stereocenters. The lowest BCUT2D eigenvalue weighted by Gasteiger charge is -2.29. The van der Waals surface area contributed by atoms with Gasteiger partial charge in [-0.2, -0.15) is 26.5 Å². The minimum Gasteiger partial charge on any atom is -0.426 e. The fourth-order valence-corrected chi connectivity index (χ4v) is 6.09. The maximum absolute atomic E-state index is 13.2. The van der Waals surface area contributed by atoms with Crippen molar-refractivity contribution < 1.29 is 36.4 Å². The quantitative estimate of drug-likeness (QED) is 0.155. The molecule has 3 aromatic carbocycles. The number of amidine groups is 1. The first-order chi connectivity index (χ1) is 20.3. The third-order valence-corrected chi connectivity index (χ3v) is 8.33. The van der Waals surface area contributed by atoms with Crippen molar-refractivity contribution in [1.29, 1.82) is 0 Å². The number of alkyl halides is 5. The van der Waals surface area contributed by atoms with E-state index in [1.807, 2.05) is 58.1 Å². The summed E-state index contributed by atoms with van der Waals surface area (Å²) in [5, 5.41) is 23.0. The van der Waals surface area contributed by atoms with Crippen LogP contribution in [-0.4, -0.2) is 64.6 Å². The van der Waals surface area contributed by atoms with Gasteiger partial charge >= 0.3 is 17.5 Å². The largest absolute Gasteiger partial charge is 0.499 e. The number of rotatable bonds is 6. The molecule has 2 aliphatic heterocycles. The first-order valence-electron chi connectivity index (χ1n) is 13.0. The van der Waals surface area contributed by atoms with Crippen molar-refractivity contribution in [2.45, 2.75) is 37.9 Å². The Morgan fingerprint density at radius 1 is 1.05 bits per heavy atom. The lowest BCUT2D eigenvalue weighted by molar-refractivity contribution is -0.581. The number of benzene rings is 3. The zero-order valence-corrected chi connectivity index (χ0v) is 23.5. The maximum Gasteiger partial charge on any atom is 0.499 e. The summed E-state index contributed by atoms with van der Waals surface area (Å²) < 4.78 is 70.6. The van der Waals surface area contributed by atoms with Crippen LogP contribution in [0.25, 0.3) is 17.1 Å². The van der Waals surface area contributed by atoms with Crippen LogP contribution in [0.1, 0.15) is 31.0 Å². The van der Waals surface area contributed by atoms with Gasteiger partial charge in [-0.15, -0.1) is 10.1 Å². The van der Waals surface area contributed by atoms with Crippen molar-refractivity contribution in [3.8, 4) is 22.8 Å². The first-order valence-corrected chi connectivity index (χ1v) is 14.0. The standard InChI is InChI=1S/C29H24F5N6O2S/c1-18-23-5-3-4-6-24(23)39-26(43-16-27(39,2)41)40(18)36-15-19-7-9-20(10-8-19)25-35-17-38(37-25)21-11-13-22(14-12-21)42-29(33,34)28(30,31)32/h3-15,17-18,41H,16H2,1-2H3/q+1. The Morgan fingerprint density at radius 3 is 2.44 bits per heavy atom. The second kappa shape index (κ2) is 10.5. The number of ether oxygens (including phenoxy) is 1. The molecule has 0 amide bonds.